The van der Waals surface area contributed by atoms with Crippen molar-refractivity contribution in [1.82, 2.24) is 9.88 Å². The fraction of sp³-hybridized carbons (Fsp3) is 0.200. The van der Waals surface area contributed by atoms with Crippen LogP contribution in [0, 0.1) is 5.41 Å². The Morgan fingerprint density at radius 2 is 1.69 bits per heavy atom. The number of benzene rings is 2. The SMILES string of the molecule is C[C@@H]1COCCN1C(=NC(=N)c1ccc(NC(=O)Nc2ccc(C(=O)O)cc2)cc1)c1ccc[nH]1. The van der Waals surface area contributed by atoms with Gasteiger partial charge in [-0.3, -0.25) is 5.41 Å². The van der Waals surface area contributed by atoms with Crippen LogP contribution in [0.2, 0.25) is 0 Å². The van der Waals surface area contributed by atoms with Gasteiger partial charge in [-0.1, -0.05) is 0 Å². The number of carbonyl (C=O) groups excluding carboxylic acids is 1. The number of aromatic nitrogens is 1. The molecule has 1 aliphatic rings. The highest BCUT2D eigenvalue weighted by atomic mass is 16.5. The number of aromatic amines is 1. The van der Waals surface area contributed by atoms with Crippen LogP contribution in [-0.2, 0) is 4.74 Å². The molecule has 1 fully saturated rings. The molecule has 3 aromatic rings. The van der Waals surface area contributed by atoms with Gasteiger partial charge in [0.15, 0.2) is 11.7 Å². The molecule has 1 aromatic heterocycles. The van der Waals surface area contributed by atoms with E-state index in [1.54, 1.807) is 24.3 Å². The van der Waals surface area contributed by atoms with Crippen LogP contribution in [0.5, 0.6) is 0 Å². The minimum Gasteiger partial charge on any atom is -0.478 e. The maximum atomic E-state index is 12.3. The highest BCUT2D eigenvalue weighted by Crippen LogP contribution is 2.16. The Bertz CT molecular complexity index is 1220. The summed E-state index contributed by atoms with van der Waals surface area (Å²) in [5, 5.41) is 22.9. The molecule has 4 rings (SSSR count). The minimum atomic E-state index is -1.03. The summed E-state index contributed by atoms with van der Waals surface area (Å²) in [7, 11) is 0. The van der Waals surface area contributed by atoms with Crippen LogP contribution in [0.1, 0.15) is 28.5 Å². The average Bonchev–Trinajstić information content (AvgIpc) is 3.38. The monoisotopic (exact) mass is 474 g/mol. The molecule has 0 unspecified atom stereocenters. The van der Waals surface area contributed by atoms with Gasteiger partial charge in [-0.25, -0.2) is 14.6 Å². The second-order valence-corrected chi connectivity index (χ2v) is 8.02. The van der Waals surface area contributed by atoms with E-state index in [9.17, 15) is 9.59 Å². The first-order valence-electron chi connectivity index (χ1n) is 11.1. The maximum absolute atomic E-state index is 12.3. The molecule has 10 heteroatoms. The van der Waals surface area contributed by atoms with E-state index in [-0.39, 0.29) is 17.4 Å². The second-order valence-electron chi connectivity index (χ2n) is 8.02. The standard InChI is InChI=1S/C25H26N6O4/c1-16-15-35-14-13-31(16)23(21-3-2-12-27-21)30-22(26)17-4-8-19(9-5-17)28-25(34)29-20-10-6-18(7-11-20)24(32)33/h2-12,16,26-27H,13-15H2,1H3,(H,32,33)(H2,28,29,34)/t16-/m1/s1. The number of urea groups is 1. The van der Waals surface area contributed by atoms with Gasteiger partial charge in [0.2, 0.25) is 0 Å². The van der Waals surface area contributed by atoms with Gasteiger partial charge in [0.25, 0.3) is 0 Å². The molecule has 1 aliphatic heterocycles. The first kappa shape index (κ1) is 23.7. The summed E-state index contributed by atoms with van der Waals surface area (Å²) >= 11 is 0. The highest BCUT2D eigenvalue weighted by Gasteiger charge is 2.24. The molecule has 0 aliphatic carbocycles. The molecule has 1 saturated heterocycles. The Kier molecular flexibility index (Phi) is 7.22. The van der Waals surface area contributed by atoms with Crippen LogP contribution in [0.4, 0.5) is 16.2 Å². The Hall–Kier alpha value is -4.44. The lowest BCUT2D eigenvalue weighted by Crippen LogP contribution is -2.47. The van der Waals surface area contributed by atoms with Gasteiger partial charge in [-0.05, 0) is 67.6 Å². The normalized spacial score (nSPS) is 16.0. The van der Waals surface area contributed by atoms with Crippen LogP contribution in [0.3, 0.4) is 0 Å². The Labute approximate surface area is 202 Å². The maximum Gasteiger partial charge on any atom is 0.335 e. The van der Waals surface area contributed by atoms with Crippen molar-refractivity contribution in [2.75, 3.05) is 30.4 Å². The molecule has 0 saturated carbocycles. The molecule has 2 heterocycles. The van der Waals surface area contributed by atoms with Gasteiger partial charge in [-0.15, -0.1) is 0 Å². The van der Waals surface area contributed by atoms with Crippen LogP contribution < -0.4 is 10.6 Å². The van der Waals surface area contributed by atoms with Crippen LogP contribution >= 0.6 is 0 Å². The number of aliphatic imine (C=N–C) groups is 1. The van der Waals surface area contributed by atoms with Crippen molar-refractivity contribution in [3.63, 3.8) is 0 Å². The minimum absolute atomic E-state index is 0.0998. The summed E-state index contributed by atoms with van der Waals surface area (Å²) in [4.78, 5) is 33.1. The van der Waals surface area contributed by atoms with Crippen molar-refractivity contribution in [3.05, 3.63) is 83.7 Å². The molecule has 0 radical (unpaired) electrons. The molecule has 10 nitrogen and oxygen atoms in total. The molecule has 1 atom stereocenters. The molecule has 5 N–H and O–H groups in total. The number of hydrogen-bond donors (Lipinski definition) is 5. The number of morpholine rings is 1. The number of amidine groups is 2. The van der Waals surface area contributed by atoms with Crippen molar-refractivity contribution in [1.29, 1.82) is 5.41 Å². The number of hydrogen-bond acceptors (Lipinski definition) is 4. The Balaban J connectivity index is 1.43. The van der Waals surface area contributed by atoms with Gasteiger partial charge in [-0.2, -0.15) is 0 Å². The fourth-order valence-corrected chi connectivity index (χ4v) is 3.66. The van der Waals surface area contributed by atoms with E-state index in [4.69, 9.17) is 15.3 Å². The van der Waals surface area contributed by atoms with Gasteiger partial charge in [0.1, 0.15) is 0 Å². The third kappa shape index (κ3) is 5.92. The summed E-state index contributed by atoms with van der Waals surface area (Å²) in [5.41, 5.74) is 2.57. The predicted octanol–water partition coefficient (Wildman–Crippen LogP) is 3.85. The van der Waals surface area contributed by atoms with E-state index >= 15 is 0 Å². The number of carboxylic acid groups (broad SMARTS) is 1. The number of rotatable bonds is 5. The van der Waals surface area contributed by atoms with E-state index in [1.807, 2.05) is 18.3 Å². The van der Waals surface area contributed by atoms with Gasteiger partial charge in [0, 0.05) is 29.7 Å². The third-order valence-electron chi connectivity index (χ3n) is 5.50. The number of ether oxygens (including phenoxy) is 1. The molecule has 0 bridgehead atoms. The summed E-state index contributed by atoms with van der Waals surface area (Å²) in [6.45, 7) is 3.94. The summed E-state index contributed by atoms with van der Waals surface area (Å²) in [6.07, 6.45) is 1.83. The van der Waals surface area contributed by atoms with Crippen molar-refractivity contribution in [3.8, 4) is 0 Å². The second kappa shape index (κ2) is 10.7. The first-order chi connectivity index (χ1) is 16.9. The summed E-state index contributed by atoms with van der Waals surface area (Å²) in [6, 6.07) is 16.2. The van der Waals surface area contributed by atoms with Crippen LogP contribution in [-0.4, -0.2) is 64.5 Å². The van der Waals surface area contributed by atoms with E-state index in [0.29, 0.717) is 42.5 Å². The number of amides is 2. The molecule has 2 aromatic carbocycles. The number of nitrogens with one attached hydrogen (secondary N) is 4. The Morgan fingerprint density at radius 1 is 1.06 bits per heavy atom. The smallest absolute Gasteiger partial charge is 0.335 e. The lowest BCUT2D eigenvalue weighted by atomic mass is 10.2. The number of H-pyrrole nitrogens is 1. The van der Waals surface area contributed by atoms with Crippen molar-refractivity contribution < 1.29 is 19.4 Å². The predicted molar refractivity (Wildman–Crippen MR) is 134 cm³/mol. The summed E-state index contributed by atoms with van der Waals surface area (Å²) in [5.74, 6) is -0.246. The number of anilines is 2. The number of carbonyl (C=O) groups is 2. The zero-order valence-electron chi connectivity index (χ0n) is 19.1. The fourth-order valence-electron chi connectivity index (χ4n) is 3.66. The third-order valence-corrected chi connectivity index (χ3v) is 5.50. The molecule has 35 heavy (non-hydrogen) atoms. The average molecular weight is 475 g/mol. The molecule has 180 valence electrons. The highest BCUT2D eigenvalue weighted by molar-refractivity contribution is 6.10. The molecule has 2 amide bonds. The largest absolute Gasteiger partial charge is 0.478 e. The van der Waals surface area contributed by atoms with Crippen molar-refractivity contribution in [2.45, 2.75) is 13.0 Å². The van der Waals surface area contributed by atoms with Crippen LogP contribution in [0.15, 0.2) is 71.9 Å². The number of aromatic carboxylic acids is 1. The van der Waals surface area contributed by atoms with Crippen molar-refractivity contribution in [2.24, 2.45) is 4.99 Å². The van der Waals surface area contributed by atoms with E-state index in [2.05, 4.69) is 32.4 Å². The zero-order valence-corrected chi connectivity index (χ0v) is 19.1. The van der Waals surface area contributed by atoms with Crippen LogP contribution in [0.25, 0.3) is 0 Å². The van der Waals surface area contributed by atoms with Gasteiger partial charge < -0.3 is 30.4 Å². The number of nitrogens with zero attached hydrogens (tertiary/aromatic N) is 2. The Morgan fingerprint density at radius 3 is 2.23 bits per heavy atom. The van der Waals surface area contributed by atoms with E-state index in [1.165, 1.54) is 24.3 Å². The van der Waals surface area contributed by atoms with E-state index in [0.717, 1.165) is 5.69 Å². The van der Waals surface area contributed by atoms with E-state index < -0.39 is 12.0 Å². The summed E-state index contributed by atoms with van der Waals surface area (Å²) < 4.78 is 5.54. The lowest BCUT2D eigenvalue weighted by Gasteiger charge is -2.35. The molecular weight excluding hydrogens is 448 g/mol. The molecule has 0 spiro atoms. The van der Waals surface area contributed by atoms with Gasteiger partial charge >= 0.3 is 12.0 Å². The molecular formula is C25H26N6O4. The zero-order chi connectivity index (χ0) is 24.8. The topological polar surface area (TPSA) is 143 Å². The lowest BCUT2D eigenvalue weighted by molar-refractivity contribution is 0.0335. The van der Waals surface area contributed by atoms with Gasteiger partial charge in [0.05, 0.1) is 30.5 Å². The van der Waals surface area contributed by atoms with Crippen molar-refractivity contribution >= 4 is 35.0 Å². The quantitative estimate of drug-likeness (QED) is 0.282. The first-order valence-corrected chi connectivity index (χ1v) is 11.1. The number of carboxylic acids is 1.